The smallest absolute Gasteiger partial charge is 0.119 e. The summed E-state index contributed by atoms with van der Waals surface area (Å²) in [6, 6.07) is 7.99. The van der Waals surface area contributed by atoms with Gasteiger partial charge >= 0.3 is 0 Å². The second kappa shape index (κ2) is 4.23. The summed E-state index contributed by atoms with van der Waals surface area (Å²) in [5.41, 5.74) is 3.74. The Balaban J connectivity index is 1.82. The van der Waals surface area contributed by atoms with Gasteiger partial charge in [-0.15, -0.1) is 0 Å². The van der Waals surface area contributed by atoms with Crippen LogP contribution in [0.4, 0.5) is 0 Å². The molecule has 3 aliphatic rings. The number of hydrogen-bond donors (Lipinski definition) is 1. The Morgan fingerprint density at radius 1 is 1.38 bits per heavy atom. The molecule has 0 aromatic heterocycles. The third kappa shape index (κ3) is 1.46. The topological polar surface area (TPSA) is 24.5 Å². The molecule has 2 unspecified atom stereocenters. The van der Waals surface area contributed by atoms with E-state index >= 15 is 0 Å². The van der Waals surface area contributed by atoms with Gasteiger partial charge < -0.3 is 10.1 Å². The minimum absolute atomic E-state index is 0.245. The number of fused-ring (bicyclic) bond motifs is 3. The van der Waals surface area contributed by atoms with Crippen molar-refractivity contribution in [1.82, 2.24) is 10.2 Å². The lowest BCUT2D eigenvalue weighted by molar-refractivity contribution is 0.0135. The van der Waals surface area contributed by atoms with E-state index in [4.69, 9.17) is 4.74 Å². The van der Waals surface area contributed by atoms with E-state index in [1.165, 1.54) is 24.9 Å². The van der Waals surface area contributed by atoms with Crippen LogP contribution >= 0.6 is 0 Å². The number of methoxy groups -OCH3 is 1. The minimum Gasteiger partial charge on any atom is -0.497 e. The predicted octanol–water partition coefficient (Wildman–Crippen LogP) is 2.29. The van der Waals surface area contributed by atoms with Gasteiger partial charge in [-0.2, -0.15) is 0 Å². The maximum Gasteiger partial charge on any atom is 0.119 e. The molecule has 3 nitrogen and oxygen atoms in total. The third-order valence-electron chi connectivity index (χ3n) is 6.25. The van der Waals surface area contributed by atoms with Crippen LogP contribution in [0.2, 0.25) is 0 Å². The van der Waals surface area contributed by atoms with E-state index in [1.807, 2.05) is 0 Å². The van der Waals surface area contributed by atoms with E-state index in [0.29, 0.717) is 17.5 Å². The van der Waals surface area contributed by atoms with Crippen LogP contribution < -0.4 is 10.1 Å². The highest BCUT2D eigenvalue weighted by molar-refractivity contribution is 5.58. The third-order valence-corrected chi connectivity index (χ3v) is 6.25. The maximum absolute atomic E-state index is 5.48. The molecule has 0 amide bonds. The van der Waals surface area contributed by atoms with Crippen molar-refractivity contribution in [2.45, 2.75) is 49.6 Å². The zero-order valence-corrected chi connectivity index (χ0v) is 13.6. The van der Waals surface area contributed by atoms with E-state index in [2.05, 4.69) is 49.3 Å². The number of hydrogen-bond acceptors (Lipinski definition) is 3. The van der Waals surface area contributed by atoms with Gasteiger partial charge in [-0.1, -0.05) is 19.9 Å². The second-order valence-corrected chi connectivity index (χ2v) is 7.45. The second-order valence-electron chi connectivity index (χ2n) is 7.45. The van der Waals surface area contributed by atoms with Crippen molar-refractivity contribution in [3.8, 4) is 5.75 Å². The van der Waals surface area contributed by atoms with Crippen molar-refractivity contribution in [1.29, 1.82) is 0 Å². The van der Waals surface area contributed by atoms with E-state index < -0.39 is 0 Å². The SMILES string of the molecule is CCCN[C@H]1[C@@H]2N(C)CC23CC1(C)c1cc(OC)ccc13. The van der Waals surface area contributed by atoms with Crippen molar-refractivity contribution in [2.75, 3.05) is 27.2 Å². The van der Waals surface area contributed by atoms with Gasteiger partial charge in [-0.3, -0.25) is 4.90 Å². The summed E-state index contributed by atoms with van der Waals surface area (Å²) >= 11 is 0. The molecule has 1 aromatic rings. The lowest BCUT2D eigenvalue weighted by Gasteiger charge is -2.57. The fraction of sp³-hybridized carbons (Fsp3) is 0.667. The maximum atomic E-state index is 5.48. The van der Waals surface area contributed by atoms with Crippen LogP contribution in [0.25, 0.3) is 0 Å². The van der Waals surface area contributed by atoms with Crippen LogP contribution in [-0.4, -0.2) is 44.2 Å². The first-order valence-electron chi connectivity index (χ1n) is 8.19. The van der Waals surface area contributed by atoms with Crippen molar-refractivity contribution >= 4 is 0 Å². The molecule has 0 radical (unpaired) electrons. The van der Waals surface area contributed by atoms with Gasteiger partial charge in [0.2, 0.25) is 0 Å². The van der Waals surface area contributed by atoms with Gasteiger partial charge in [-0.05, 0) is 49.7 Å². The number of nitrogens with zero attached hydrogens (tertiary/aromatic N) is 1. The fourth-order valence-electron chi connectivity index (χ4n) is 5.59. The highest BCUT2D eigenvalue weighted by Crippen LogP contribution is 2.66. The minimum atomic E-state index is 0.245. The molecule has 114 valence electrons. The first kappa shape index (κ1) is 13.6. The molecule has 2 bridgehead atoms. The molecule has 3 heteroatoms. The molecule has 21 heavy (non-hydrogen) atoms. The molecule has 1 spiro atoms. The highest BCUT2D eigenvalue weighted by atomic mass is 16.5. The van der Waals surface area contributed by atoms with Crippen LogP contribution in [0.5, 0.6) is 5.75 Å². The highest BCUT2D eigenvalue weighted by Gasteiger charge is 2.71. The van der Waals surface area contributed by atoms with E-state index in [0.717, 1.165) is 12.3 Å². The van der Waals surface area contributed by atoms with Gasteiger partial charge in [-0.25, -0.2) is 0 Å². The van der Waals surface area contributed by atoms with Gasteiger partial charge in [0.1, 0.15) is 5.75 Å². The van der Waals surface area contributed by atoms with Gasteiger partial charge in [0.25, 0.3) is 0 Å². The first-order valence-corrected chi connectivity index (χ1v) is 8.19. The molecule has 1 aromatic carbocycles. The Labute approximate surface area is 127 Å². The van der Waals surface area contributed by atoms with Crippen LogP contribution in [0.3, 0.4) is 0 Å². The van der Waals surface area contributed by atoms with Crippen molar-refractivity contribution in [3.05, 3.63) is 29.3 Å². The summed E-state index contributed by atoms with van der Waals surface area (Å²) in [5, 5.41) is 3.86. The number of likely N-dealkylation sites (N-methyl/N-ethyl adjacent to an activating group) is 1. The van der Waals surface area contributed by atoms with Crippen LogP contribution in [0, 0.1) is 0 Å². The lowest BCUT2D eigenvalue weighted by atomic mass is 9.65. The van der Waals surface area contributed by atoms with E-state index in [1.54, 1.807) is 12.7 Å². The Hall–Kier alpha value is -1.06. The lowest BCUT2D eigenvalue weighted by Crippen LogP contribution is -2.70. The molecule has 1 heterocycles. The average Bonchev–Trinajstić information content (AvgIpc) is 2.85. The summed E-state index contributed by atoms with van der Waals surface area (Å²) in [6.07, 6.45) is 2.49. The largest absolute Gasteiger partial charge is 0.497 e. The van der Waals surface area contributed by atoms with E-state index in [-0.39, 0.29) is 5.41 Å². The Kier molecular flexibility index (Phi) is 2.74. The summed E-state index contributed by atoms with van der Waals surface area (Å²) < 4.78 is 5.48. The van der Waals surface area contributed by atoms with Gasteiger partial charge in [0.05, 0.1) is 7.11 Å². The summed E-state index contributed by atoms with van der Waals surface area (Å²) in [7, 11) is 4.05. The van der Waals surface area contributed by atoms with Gasteiger partial charge in [0, 0.05) is 29.5 Å². The molecule has 2 fully saturated rings. The fourth-order valence-corrected chi connectivity index (χ4v) is 5.59. The predicted molar refractivity (Wildman–Crippen MR) is 85.1 cm³/mol. The molecular formula is C18H26N2O. The quantitative estimate of drug-likeness (QED) is 0.919. The van der Waals surface area contributed by atoms with Gasteiger partial charge in [0.15, 0.2) is 0 Å². The van der Waals surface area contributed by atoms with Crippen LogP contribution in [0.15, 0.2) is 18.2 Å². The number of rotatable bonds is 4. The molecule has 1 saturated carbocycles. The normalized spacial score (nSPS) is 39.8. The summed E-state index contributed by atoms with van der Waals surface area (Å²) in [6.45, 7) is 7.02. The van der Waals surface area contributed by atoms with Crippen molar-refractivity contribution in [2.24, 2.45) is 0 Å². The number of likely N-dealkylation sites (tertiary alicyclic amines) is 1. The molecule has 1 saturated heterocycles. The first-order chi connectivity index (χ1) is 10.1. The summed E-state index contributed by atoms with van der Waals surface area (Å²) in [5.74, 6) is 0.998. The zero-order valence-electron chi connectivity index (χ0n) is 13.6. The zero-order chi connectivity index (χ0) is 14.8. The van der Waals surface area contributed by atoms with Crippen molar-refractivity contribution in [3.63, 3.8) is 0 Å². The molecule has 1 N–H and O–H groups in total. The molecule has 1 aliphatic heterocycles. The average molecular weight is 286 g/mol. The van der Waals surface area contributed by atoms with E-state index in [9.17, 15) is 0 Å². The molecule has 4 atom stereocenters. The Morgan fingerprint density at radius 3 is 2.86 bits per heavy atom. The number of ether oxygens (including phenoxy) is 1. The number of benzene rings is 1. The van der Waals surface area contributed by atoms with Crippen LogP contribution in [0.1, 0.15) is 37.8 Å². The number of nitrogens with one attached hydrogen (secondary N) is 1. The molecular weight excluding hydrogens is 260 g/mol. The van der Waals surface area contributed by atoms with Crippen molar-refractivity contribution < 1.29 is 4.74 Å². The molecule has 2 aliphatic carbocycles. The Morgan fingerprint density at radius 2 is 2.19 bits per heavy atom. The standard InChI is InChI=1S/C18H26N2O/c1-5-8-19-15-16-18(11-20(16)3)10-17(15,2)14-9-12(21-4)6-7-13(14)18/h6-7,9,15-16,19H,5,8,10-11H2,1-4H3/t15-,16-,17?,18?/m0/s1. The Bertz CT molecular complexity index is 587. The van der Waals surface area contributed by atoms with Crippen LogP contribution in [-0.2, 0) is 10.8 Å². The molecule has 4 rings (SSSR count). The summed E-state index contributed by atoms with van der Waals surface area (Å²) in [4.78, 5) is 2.55. The monoisotopic (exact) mass is 286 g/mol.